The van der Waals surface area contributed by atoms with E-state index in [4.69, 9.17) is 0 Å². The third kappa shape index (κ3) is 2.92. The van der Waals surface area contributed by atoms with E-state index in [9.17, 15) is 14.0 Å². The van der Waals surface area contributed by atoms with Crippen LogP contribution in [0.5, 0.6) is 0 Å². The van der Waals surface area contributed by atoms with Gasteiger partial charge in [0.1, 0.15) is 29.1 Å². The molecule has 3 aromatic heterocycles. The number of amides is 1. The second-order valence-corrected chi connectivity index (χ2v) is 6.52. The summed E-state index contributed by atoms with van der Waals surface area (Å²) < 4.78 is 16.2. The molecule has 3 aromatic rings. The maximum Gasteiger partial charge on any atom is 0.281 e. The maximum absolute atomic E-state index is 13.2. The standard InChI is InChI=1S/C18H18FN7O2/c1-20-15-8-14(24-16-12(17(27)21-2)9-22-26(15)16)23-13-4-3-5-25(18(13)28)11-6-10(19)7-11/h3-5,8-11,20H,2,6-7H2,1H3,(H,23,24)/t10-,11-. The van der Waals surface area contributed by atoms with Crippen LogP contribution in [0.1, 0.15) is 29.2 Å². The number of aliphatic imine (C=N–C) groups is 1. The third-order valence-electron chi connectivity index (χ3n) is 4.79. The maximum atomic E-state index is 13.2. The normalized spacial score (nSPS) is 18.5. The number of halogens is 1. The van der Waals surface area contributed by atoms with Crippen molar-refractivity contribution < 1.29 is 9.18 Å². The number of alkyl halides is 1. The first-order chi connectivity index (χ1) is 13.5. The van der Waals surface area contributed by atoms with Crippen molar-refractivity contribution in [3.63, 3.8) is 0 Å². The zero-order valence-corrected chi connectivity index (χ0v) is 15.1. The Bertz CT molecular complexity index is 1130. The molecule has 2 N–H and O–H groups in total. The van der Waals surface area contributed by atoms with Gasteiger partial charge in [0, 0.05) is 25.4 Å². The van der Waals surface area contributed by atoms with Gasteiger partial charge < -0.3 is 15.2 Å². The van der Waals surface area contributed by atoms with Crippen molar-refractivity contribution in [2.24, 2.45) is 4.99 Å². The molecule has 0 spiro atoms. The van der Waals surface area contributed by atoms with E-state index in [1.165, 1.54) is 15.3 Å². The zero-order chi connectivity index (χ0) is 19.8. The number of nitrogens with one attached hydrogen (secondary N) is 2. The molecule has 1 saturated carbocycles. The highest BCUT2D eigenvalue weighted by Crippen LogP contribution is 2.33. The van der Waals surface area contributed by atoms with Crippen molar-refractivity contribution in [2.75, 3.05) is 17.7 Å². The molecule has 1 aliphatic rings. The number of carbonyl (C=O) groups excluding carboxylic acids is 1. The minimum atomic E-state index is -0.855. The summed E-state index contributed by atoms with van der Waals surface area (Å²) in [5.74, 6) is 0.364. The van der Waals surface area contributed by atoms with Crippen LogP contribution < -0.4 is 16.2 Å². The number of aromatic nitrogens is 4. The van der Waals surface area contributed by atoms with Crippen LogP contribution >= 0.6 is 0 Å². The SMILES string of the molecule is C=NC(=O)c1cnn2c(NC)cc(Nc3cccn([C@H]4C[C@H](F)C4)c3=O)nc12. The lowest BCUT2D eigenvalue weighted by atomic mass is 9.90. The lowest BCUT2D eigenvalue weighted by Gasteiger charge is -2.31. The van der Waals surface area contributed by atoms with Crippen LogP contribution in [-0.4, -0.2) is 45.0 Å². The summed E-state index contributed by atoms with van der Waals surface area (Å²) in [5.41, 5.74) is 0.522. The van der Waals surface area contributed by atoms with E-state index in [1.807, 2.05) is 0 Å². The lowest BCUT2D eigenvalue weighted by molar-refractivity contribution is 0.100. The molecule has 1 amide bonds. The summed E-state index contributed by atoms with van der Waals surface area (Å²) in [5, 5.41) is 10.1. The van der Waals surface area contributed by atoms with Crippen molar-refractivity contribution in [2.45, 2.75) is 25.1 Å². The summed E-state index contributed by atoms with van der Waals surface area (Å²) in [6.07, 6.45) is 2.85. The summed E-state index contributed by atoms with van der Waals surface area (Å²) in [6, 6.07) is 4.88. The lowest BCUT2D eigenvalue weighted by Crippen LogP contribution is -2.35. The first-order valence-electron chi connectivity index (χ1n) is 8.71. The number of fused-ring (bicyclic) bond motifs is 1. The van der Waals surface area contributed by atoms with Gasteiger partial charge in [-0.25, -0.2) is 14.4 Å². The molecule has 0 unspecified atom stereocenters. The average Bonchev–Trinajstić information content (AvgIpc) is 3.10. The summed E-state index contributed by atoms with van der Waals surface area (Å²) in [7, 11) is 1.70. The first-order valence-corrected chi connectivity index (χ1v) is 8.71. The molecule has 0 aromatic carbocycles. The molecular formula is C18H18FN7O2. The number of hydrogen-bond acceptors (Lipinski definition) is 6. The second kappa shape index (κ2) is 6.87. The zero-order valence-electron chi connectivity index (χ0n) is 15.1. The molecule has 1 aliphatic carbocycles. The van der Waals surface area contributed by atoms with E-state index >= 15 is 0 Å². The van der Waals surface area contributed by atoms with Crippen LogP contribution in [-0.2, 0) is 0 Å². The van der Waals surface area contributed by atoms with E-state index in [2.05, 4.69) is 32.4 Å². The smallest absolute Gasteiger partial charge is 0.281 e. The molecule has 1 fully saturated rings. The molecule has 9 nitrogen and oxygen atoms in total. The Morgan fingerprint density at radius 2 is 2.21 bits per heavy atom. The molecule has 4 rings (SSSR count). The Labute approximate surface area is 158 Å². The fraction of sp³-hybridized carbons (Fsp3) is 0.278. The predicted octanol–water partition coefficient (Wildman–Crippen LogP) is 2.19. The molecule has 0 atom stereocenters. The van der Waals surface area contributed by atoms with Gasteiger partial charge in [0.25, 0.3) is 11.5 Å². The second-order valence-electron chi connectivity index (χ2n) is 6.52. The average molecular weight is 383 g/mol. The predicted molar refractivity (Wildman–Crippen MR) is 104 cm³/mol. The molecule has 0 aliphatic heterocycles. The molecule has 144 valence electrons. The van der Waals surface area contributed by atoms with E-state index in [0.29, 0.717) is 30.2 Å². The number of nitrogens with zero attached hydrogens (tertiary/aromatic N) is 5. The van der Waals surface area contributed by atoms with Crippen LogP contribution in [0.2, 0.25) is 0 Å². The Morgan fingerprint density at radius 3 is 2.89 bits per heavy atom. The van der Waals surface area contributed by atoms with Gasteiger partial charge in [-0.15, -0.1) is 0 Å². The highest BCUT2D eigenvalue weighted by Gasteiger charge is 2.31. The van der Waals surface area contributed by atoms with Gasteiger partial charge >= 0.3 is 0 Å². The van der Waals surface area contributed by atoms with Crippen LogP contribution in [0.3, 0.4) is 0 Å². The third-order valence-corrected chi connectivity index (χ3v) is 4.79. The summed E-state index contributed by atoms with van der Waals surface area (Å²) in [6.45, 7) is 3.25. The molecule has 10 heteroatoms. The molecule has 3 heterocycles. The van der Waals surface area contributed by atoms with Crippen molar-refractivity contribution in [1.29, 1.82) is 0 Å². The fourth-order valence-electron chi connectivity index (χ4n) is 3.22. The quantitative estimate of drug-likeness (QED) is 0.654. The van der Waals surface area contributed by atoms with Crippen LogP contribution in [0, 0.1) is 0 Å². The van der Waals surface area contributed by atoms with E-state index in [-0.39, 0.29) is 22.8 Å². The highest BCUT2D eigenvalue weighted by atomic mass is 19.1. The van der Waals surface area contributed by atoms with Gasteiger partial charge in [-0.3, -0.25) is 9.59 Å². The van der Waals surface area contributed by atoms with Gasteiger partial charge in [-0.1, -0.05) is 0 Å². The minimum Gasteiger partial charge on any atom is -0.373 e. The van der Waals surface area contributed by atoms with Gasteiger partial charge in [0.15, 0.2) is 5.65 Å². The number of carbonyl (C=O) groups is 1. The Morgan fingerprint density at radius 1 is 1.43 bits per heavy atom. The number of pyridine rings is 1. The van der Waals surface area contributed by atoms with Gasteiger partial charge in [-0.2, -0.15) is 9.61 Å². The monoisotopic (exact) mass is 383 g/mol. The van der Waals surface area contributed by atoms with Gasteiger partial charge in [-0.05, 0) is 31.7 Å². The van der Waals surface area contributed by atoms with Crippen LogP contribution in [0.25, 0.3) is 5.65 Å². The van der Waals surface area contributed by atoms with Gasteiger partial charge in [0.2, 0.25) is 0 Å². The van der Waals surface area contributed by atoms with Gasteiger partial charge in [0.05, 0.1) is 6.20 Å². The Balaban J connectivity index is 1.74. The molecule has 0 saturated heterocycles. The first kappa shape index (κ1) is 17.8. The number of anilines is 3. The summed E-state index contributed by atoms with van der Waals surface area (Å²) >= 11 is 0. The van der Waals surface area contributed by atoms with Crippen molar-refractivity contribution in [3.8, 4) is 0 Å². The Hall–Kier alpha value is -3.56. The fourth-order valence-corrected chi connectivity index (χ4v) is 3.22. The van der Waals surface area contributed by atoms with Crippen molar-refractivity contribution >= 4 is 35.6 Å². The van der Waals surface area contributed by atoms with Crippen LogP contribution in [0.15, 0.2) is 40.4 Å². The topological polar surface area (TPSA) is 106 Å². The Kier molecular flexibility index (Phi) is 4.38. The number of rotatable bonds is 5. The molecule has 0 radical (unpaired) electrons. The summed E-state index contributed by atoms with van der Waals surface area (Å²) in [4.78, 5) is 32.5. The van der Waals surface area contributed by atoms with E-state index in [1.54, 1.807) is 31.4 Å². The van der Waals surface area contributed by atoms with E-state index in [0.717, 1.165) is 0 Å². The van der Waals surface area contributed by atoms with Crippen molar-refractivity contribution in [3.05, 3.63) is 46.5 Å². The highest BCUT2D eigenvalue weighted by molar-refractivity contribution is 6.02. The van der Waals surface area contributed by atoms with Crippen molar-refractivity contribution in [1.82, 2.24) is 19.2 Å². The largest absolute Gasteiger partial charge is 0.373 e. The minimum absolute atomic E-state index is 0.134. The number of hydrogen-bond donors (Lipinski definition) is 2. The molecule has 0 bridgehead atoms. The van der Waals surface area contributed by atoms with E-state index < -0.39 is 12.1 Å². The molecular weight excluding hydrogens is 365 g/mol. The molecule has 28 heavy (non-hydrogen) atoms. The van der Waals surface area contributed by atoms with Crippen LogP contribution in [0.4, 0.5) is 21.7 Å².